The van der Waals surface area contributed by atoms with Crippen LogP contribution in [0, 0.1) is 17.2 Å². The van der Waals surface area contributed by atoms with E-state index < -0.39 is 0 Å². The van der Waals surface area contributed by atoms with Gasteiger partial charge in [-0.25, -0.2) is 5.01 Å². The minimum Gasteiger partial charge on any atom is -0.489 e. The number of hydrogen-bond donors (Lipinski definition) is 2. The maximum atomic E-state index is 13.2. The van der Waals surface area contributed by atoms with Gasteiger partial charge in [0, 0.05) is 39.3 Å². The molecule has 1 aliphatic heterocycles. The van der Waals surface area contributed by atoms with Crippen molar-refractivity contribution in [2.75, 3.05) is 58.3 Å². The lowest BCUT2D eigenvalue weighted by molar-refractivity contribution is -0.142. The molecule has 2 aliphatic rings. The third-order valence-electron chi connectivity index (χ3n) is 6.60. The van der Waals surface area contributed by atoms with Crippen LogP contribution < -0.4 is 20.3 Å². The molecular weight excluding hydrogens is 504 g/mol. The second kappa shape index (κ2) is 16.6. The molecule has 2 N–H and O–H groups in total. The van der Waals surface area contributed by atoms with Crippen LogP contribution in [0.4, 0.5) is 5.69 Å². The molecule has 1 aromatic rings. The standard InChI is InChI=1S/C25H30N4O3.C6H16N2/c1-18(2)32-24-10-9-20(14-26)13-23(24)28(11-12-30)17-25(31)27(4)29-15-21-8-6-5-7-19(3)22(21)16-29;1-6(2)8-5-4-7-3/h5-10,12-13,18-19H,11,15-17H2,1-4H3;6-8H,4-5H2,1-3H3. The quantitative estimate of drug-likeness (QED) is 0.302. The summed E-state index contributed by atoms with van der Waals surface area (Å²) in [6, 6.07) is 7.76. The average Bonchev–Trinajstić information content (AvgIpc) is 3.27. The van der Waals surface area contributed by atoms with Gasteiger partial charge >= 0.3 is 0 Å². The lowest BCUT2D eigenvalue weighted by atomic mass is 9.99. The van der Waals surface area contributed by atoms with E-state index in [9.17, 15) is 14.9 Å². The molecule has 0 saturated heterocycles. The predicted octanol–water partition coefficient (Wildman–Crippen LogP) is 3.30. The number of nitrogens with one attached hydrogen (secondary N) is 2. The maximum Gasteiger partial charge on any atom is 0.256 e. The Hall–Kier alpha value is -3.45. The van der Waals surface area contributed by atoms with E-state index in [0.29, 0.717) is 42.0 Å². The third kappa shape index (κ3) is 9.94. The maximum absolute atomic E-state index is 13.2. The first kappa shape index (κ1) is 32.8. The van der Waals surface area contributed by atoms with Crippen LogP contribution in [0.25, 0.3) is 0 Å². The number of nitriles is 1. The molecule has 1 aromatic carbocycles. The first-order valence-electron chi connectivity index (χ1n) is 14.0. The number of carbonyl (C=O) groups is 2. The van der Waals surface area contributed by atoms with E-state index in [2.05, 4.69) is 55.7 Å². The summed E-state index contributed by atoms with van der Waals surface area (Å²) < 4.78 is 5.88. The highest BCUT2D eigenvalue weighted by Gasteiger charge is 2.29. The van der Waals surface area contributed by atoms with Crippen molar-refractivity contribution in [2.24, 2.45) is 5.92 Å². The molecule has 218 valence electrons. The molecular formula is C31H46N6O3. The molecule has 1 aliphatic carbocycles. The molecule has 1 amide bonds. The lowest BCUT2D eigenvalue weighted by Crippen LogP contribution is -2.48. The summed E-state index contributed by atoms with van der Waals surface area (Å²) in [6.07, 6.45) is 9.03. The van der Waals surface area contributed by atoms with E-state index in [4.69, 9.17) is 4.74 Å². The predicted molar refractivity (Wildman–Crippen MR) is 161 cm³/mol. The van der Waals surface area contributed by atoms with Gasteiger partial charge in [0.15, 0.2) is 0 Å². The molecule has 40 heavy (non-hydrogen) atoms. The number of hydrazine groups is 1. The summed E-state index contributed by atoms with van der Waals surface area (Å²) in [7, 11) is 3.72. The number of nitrogens with zero attached hydrogens (tertiary/aromatic N) is 4. The van der Waals surface area contributed by atoms with E-state index in [-0.39, 0.29) is 25.1 Å². The normalized spacial score (nSPS) is 16.2. The second-order valence-corrected chi connectivity index (χ2v) is 10.5. The van der Waals surface area contributed by atoms with Crippen molar-refractivity contribution < 1.29 is 14.3 Å². The number of aldehydes is 1. The van der Waals surface area contributed by atoms with Gasteiger partial charge in [-0.3, -0.25) is 9.80 Å². The Labute approximate surface area is 240 Å². The largest absolute Gasteiger partial charge is 0.489 e. The minimum absolute atomic E-state index is 0.00889. The van der Waals surface area contributed by atoms with E-state index in [1.54, 1.807) is 35.2 Å². The van der Waals surface area contributed by atoms with Crippen LogP contribution in [0.3, 0.4) is 0 Å². The van der Waals surface area contributed by atoms with Crippen molar-refractivity contribution in [2.45, 2.75) is 46.8 Å². The zero-order valence-electron chi connectivity index (χ0n) is 25.1. The Morgan fingerprint density at radius 2 is 1.98 bits per heavy atom. The summed E-state index contributed by atoms with van der Waals surface area (Å²) in [5.74, 6) is 0.718. The van der Waals surface area contributed by atoms with Crippen molar-refractivity contribution >= 4 is 17.9 Å². The van der Waals surface area contributed by atoms with Crippen molar-refractivity contribution in [3.05, 3.63) is 59.2 Å². The topological polar surface area (TPSA) is 101 Å². The van der Waals surface area contributed by atoms with Gasteiger partial charge in [0.05, 0.1) is 36.5 Å². The van der Waals surface area contributed by atoms with Gasteiger partial charge < -0.3 is 25.1 Å². The highest BCUT2D eigenvalue weighted by atomic mass is 16.5. The molecule has 9 heteroatoms. The zero-order valence-corrected chi connectivity index (χ0v) is 25.1. The second-order valence-electron chi connectivity index (χ2n) is 10.5. The Balaban J connectivity index is 0.000000611. The fourth-order valence-corrected chi connectivity index (χ4v) is 4.41. The molecule has 0 spiro atoms. The van der Waals surface area contributed by atoms with Crippen LogP contribution in [0.15, 0.2) is 53.6 Å². The van der Waals surface area contributed by atoms with E-state index in [0.717, 1.165) is 19.4 Å². The first-order chi connectivity index (χ1) is 19.1. The highest BCUT2D eigenvalue weighted by molar-refractivity contribution is 5.83. The lowest BCUT2D eigenvalue weighted by Gasteiger charge is -2.32. The molecule has 3 rings (SSSR count). The van der Waals surface area contributed by atoms with Crippen LogP contribution >= 0.6 is 0 Å². The number of benzene rings is 1. The Kier molecular flexibility index (Phi) is 13.6. The summed E-state index contributed by atoms with van der Waals surface area (Å²) >= 11 is 0. The molecule has 1 unspecified atom stereocenters. The van der Waals surface area contributed by atoms with Crippen molar-refractivity contribution in [3.63, 3.8) is 0 Å². The number of rotatable bonds is 12. The molecule has 1 heterocycles. The van der Waals surface area contributed by atoms with Crippen molar-refractivity contribution in [1.82, 2.24) is 20.7 Å². The van der Waals surface area contributed by atoms with Crippen molar-refractivity contribution in [1.29, 1.82) is 5.26 Å². The van der Waals surface area contributed by atoms with Gasteiger partial charge in [-0.05, 0) is 56.2 Å². The van der Waals surface area contributed by atoms with E-state index in [1.165, 1.54) is 11.1 Å². The Bertz CT molecular complexity index is 1120. The molecule has 1 atom stereocenters. The molecule has 0 aromatic heterocycles. The van der Waals surface area contributed by atoms with Gasteiger partial charge in [-0.2, -0.15) is 5.26 Å². The van der Waals surface area contributed by atoms with Gasteiger partial charge in [0.1, 0.15) is 12.0 Å². The number of carbonyl (C=O) groups excluding carboxylic acids is 2. The average molecular weight is 551 g/mol. The number of ether oxygens (including phenoxy) is 1. The van der Waals surface area contributed by atoms with Gasteiger partial charge in [0.25, 0.3) is 5.91 Å². The van der Waals surface area contributed by atoms with Crippen LogP contribution in [-0.4, -0.2) is 87.7 Å². The highest BCUT2D eigenvalue weighted by Crippen LogP contribution is 2.31. The SMILES string of the molecule is CC(C)Oc1ccc(C#N)cc1N(CC=O)CC(=O)N(C)N1CC2=C(C1)C(C)C=CC=C2.CNCCNC(C)C. The smallest absolute Gasteiger partial charge is 0.256 e. The van der Waals surface area contributed by atoms with Gasteiger partial charge in [-0.15, -0.1) is 0 Å². The monoisotopic (exact) mass is 550 g/mol. The molecule has 0 radical (unpaired) electrons. The molecule has 0 bridgehead atoms. The first-order valence-corrected chi connectivity index (χ1v) is 14.0. The number of allylic oxidation sites excluding steroid dienone is 3. The number of hydrogen-bond acceptors (Lipinski definition) is 8. The minimum atomic E-state index is -0.144. The summed E-state index contributed by atoms with van der Waals surface area (Å²) in [5, 5.41) is 19.3. The fourth-order valence-electron chi connectivity index (χ4n) is 4.41. The van der Waals surface area contributed by atoms with Crippen LogP contribution in [0.1, 0.15) is 40.2 Å². The summed E-state index contributed by atoms with van der Waals surface area (Å²) in [6.45, 7) is 13.7. The van der Waals surface area contributed by atoms with Crippen LogP contribution in [-0.2, 0) is 9.59 Å². The summed E-state index contributed by atoms with van der Waals surface area (Å²) in [4.78, 5) is 26.3. The van der Waals surface area contributed by atoms with E-state index >= 15 is 0 Å². The number of amides is 1. The summed E-state index contributed by atoms with van der Waals surface area (Å²) in [5.41, 5.74) is 3.55. The van der Waals surface area contributed by atoms with Crippen molar-refractivity contribution in [3.8, 4) is 11.8 Å². The van der Waals surface area contributed by atoms with Crippen LogP contribution in [0.2, 0.25) is 0 Å². The number of likely N-dealkylation sites (N-methyl/N-ethyl adjacent to an activating group) is 2. The molecule has 0 saturated carbocycles. The van der Waals surface area contributed by atoms with E-state index in [1.807, 2.05) is 32.0 Å². The third-order valence-corrected chi connectivity index (χ3v) is 6.60. The Morgan fingerprint density at radius 3 is 2.60 bits per heavy atom. The fraction of sp³-hybridized carbons (Fsp3) is 0.516. The van der Waals surface area contributed by atoms with Gasteiger partial charge in [-0.1, -0.05) is 45.1 Å². The van der Waals surface area contributed by atoms with Gasteiger partial charge in [0.2, 0.25) is 0 Å². The molecule has 0 fully saturated rings. The van der Waals surface area contributed by atoms with Crippen LogP contribution in [0.5, 0.6) is 5.75 Å². The zero-order chi connectivity index (χ0) is 29.7. The Morgan fingerprint density at radius 1 is 1.23 bits per heavy atom. The molecule has 9 nitrogen and oxygen atoms in total. The number of anilines is 1.